The highest BCUT2D eigenvalue weighted by molar-refractivity contribution is 7.10. The Labute approximate surface area is 166 Å². The molecule has 0 aliphatic carbocycles. The summed E-state index contributed by atoms with van der Waals surface area (Å²) in [6, 6.07) is 13.2. The number of aromatic hydroxyl groups is 2. The molecule has 0 amide bonds. The number of phenolic OH excluding ortho intramolecular Hbond substituents is 1. The third kappa shape index (κ3) is 3.30. The van der Waals surface area contributed by atoms with E-state index in [2.05, 4.69) is 16.6 Å². The second-order valence-corrected chi connectivity index (χ2v) is 7.46. The van der Waals surface area contributed by atoms with Crippen molar-refractivity contribution in [3.8, 4) is 11.6 Å². The van der Waals surface area contributed by atoms with Gasteiger partial charge in [0.05, 0.1) is 10.6 Å². The van der Waals surface area contributed by atoms with Gasteiger partial charge >= 0.3 is 0 Å². The summed E-state index contributed by atoms with van der Waals surface area (Å²) in [6.07, 6.45) is 5.40. The van der Waals surface area contributed by atoms with Crippen LogP contribution in [-0.2, 0) is 6.54 Å². The van der Waals surface area contributed by atoms with Gasteiger partial charge in [0.2, 0.25) is 5.88 Å². The predicted molar refractivity (Wildman–Crippen MR) is 115 cm³/mol. The number of hydrogen-bond donors (Lipinski definition) is 2. The number of benzene rings is 2. The first-order valence-electron chi connectivity index (χ1n) is 8.80. The first kappa shape index (κ1) is 18.0. The largest absolute Gasteiger partial charge is 0.506 e. The minimum atomic E-state index is 0.106. The molecule has 0 bridgehead atoms. The average molecular weight is 389 g/mol. The van der Waals surface area contributed by atoms with Gasteiger partial charge < -0.3 is 10.2 Å². The van der Waals surface area contributed by atoms with Crippen molar-refractivity contribution in [2.75, 3.05) is 0 Å². The number of rotatable bonds is 4. The predicted octanol–water partition coefficient (Wildman–Crippen LogP) is 4.94. The van der Waals surface area contributed by atoms with E-state index in [1.807, 2.05) is 43.3 Å². The van der Waals surface area contributed by atoms with Crippen LogP contribution in [0.15, 0.2) is 65.1 Å². The molecule has 0 unspecified atom stereocenters. The van der Waals surface area contributed by atoms with Gasteiger partial charge in [0.25, 0.3) is 0 Å². The fourth-order valence-corrected chi connectivity index (χ4v) is 4.02. The fourth-order valence-electron chi connectivity index (χ4n) is 3.02. The number of phenols is 1. The highest BCUT2D eigenvalue weighted by Gasteiger charge is 2.15. The van der Waals surface area contributed by atoms with E-state index in [1.165, 1.54) is 11.3 Å². The first-order chi connectivity index (χ1) is 13.6. The molecule has 0 spiro atoms. The number of hydrogen-bond acceptors (Lipinski definition) is 5. The van der Waals surface area contributed by atoms with Crippen LogP contribution < -0.4 is 4.80 Å². The number of aliphatic imine (C=N–C) groups is 1. The smallest absolute Gasteiger partial charge is 0.211 e. The Kier molecular flexibility index (Phi) is 4.71. The van der Waals surface area contributed by atoms with Crippen molar-refractivity contribution < 1.29 is 10.2 Å². The molecule has 5 nitrogen and oxygen atoms in total. The minimum absolute atomic E-state index is 0.106. The van der Waals surface area contributed by atoms with Crippen LogP contribution in [0.2, 0.25) is 0 Å². The van der Waals surface area contributed by atoms with Crippen LogP contribution in [-0.4, -0.2) is 21.0 Å². The standard InChI is InChI=1S/C22H19N3O2S/c1-3-10-25-21(27)20(12-15-13-23-17-7-5-4-6-16(15)17)28-22(25)24-18-9-8-14(2)11-19(18)26/h3-9,11-13,26-27H,1,10H2,2H3/b15-12+,24-22?. The van der Waals surface area contributed by atoms with E-state index in [0.29, 0.717) is 21.9 Å². The van der Waals surface area contributed by atoms with E-state index in [1.54, 1.807) is 29.0 Å². The normalized spacial score (nSPS) is 14.6. The molecule has 2 aromatic carbocycles. The average Bonchev–Trinajstić information content (AvgIpc) is 3.21. The van der Waals surface area contributed by atoms with Gasteiger partial charge in [-0.2, -0.15) is 0 Å². The molecule has 0 fully saturated rings. The molecular weight excluding hydrogens is 370 g/mol. The van der Waals surface area contributed by atoms with E-state index >= 15 is 0 Å². The number of allylic oxidation sites excluding steroid dienone is 2. The molecule has 1 aromatic heterocycles. The lowest BCUT2D eigenvalue weighted by Crippen LogP contribution is -2.12. The maximum absolute atomic E-state index is 10.8. The zero-order valence-electron chi connectivity index (χ0n) is 15.3. The molecule has 0 saturated carbocycles. The monoisotopic (exact) mass is 389 g/mol. The second-order valence-electron chi connectivity index (χ2n) is 6.45. The van der Waals surface area contributed by atoms with Crippen molar-refractivity contribution >= 4 is 40.6 Å². The molecule has 0 saturated heterocycles. The molecule has 1 aliphatic rings. The molecule has 4 rings (SSSR count). The van der Waals surface area contributed by atoms with Crippen LogP contribution in [0.25, 0.3) is 11.6 Å². The SMILES string of the molecule is C=CCn1c(O)c(/C=C2\C=Nc3ccccc32)sc1=Nc1ccc(C)cc1O. The molecule has 0 atom stereocenters. The zero-order valence-corrected chi connectivity index (χ0v) is 16.1. The molecule has 2 N–H and O–H groups in total. The van der Waals surface area contributed by atoms with Gasteiger partial charge in [0.15, 0.2) is 4.80 Å². The highest BCUT2D eigenvalue weighted by Crippen LogP contribution is 2.34. The molecule has 1 aliphatic heterocycles. The molecule has 2 heterocycles. The first-order valence-corrected chi connectivity index (χ1v) is 9.61. The van der Waals surface area contributed by atoms with Gasteiger partial charge in [-0.25, -0.2) is 4.99 Å². The topological polar surface area (TPSA) is 70.1 Å². The summed E-state index contributed by atoms with van der Waals surface area (Å²) < 4.78 is 1.67. The third-order valence-electron chi connectivity index (χ3n) is 4.41. The van der Waals surface area contributed by atoms with Gasteiger partial charge in [-0.15, -0.1) is 6.58 Å². The van der Waals surface area contributed by atoms with Crippen LogP contribution in [0.1, 0.15) is 16.0 Å². The van der Waals surface area contributed by atoms with E-state index in [0.717, 1.165) is 22.4 Å². The molecule has 0 radical (unpaired) electrons. The van der Waals surface area contributed by atoms with Crippen molar-refractivity contribution in [2.45, 2.75) is 13.5 Å². The third-order valence-corrected chi connectivity index (χ3v) is 5.43. The van der Waals surface area contributed by atoms with Gasteiger partial charge in [0.1, 0.15) is 11.4 Å². The van der Waals surface area contributed by atoms with E-state index in [4.69, 9.17) is 0 Å². The van der Waals surface area contributed by atoms with Gasteiger partial charge in [-0.1, -0.05) is 41.7 Å². The summed E-state index contributed by atoms with van der Waals surface area (Å²) in [5.41, 5.74) is 4.28. The fraction of sp³-hybridized carbons (Fsp3) is 0.0909. The summed E-state index contributed by atoms with van der Waals surface area (Å²) in [5.74, 6) is 0.218. The quantitative estimate of drug-likeness (QED) is 0.620. The number of nitrogens with zero attached hydrogens (tertiary/aromatic N) is 3. The van der Waals surface area contributed by atoms with Crippen molar-refractivity contribution in [1.82, 2.24) is 4.57 Å². The molecular formula is C22H19N3O2S. The summed E-state index contributed by atoms with van der Waals surface area (Å²) >= 11 is 1.34. The zero-order chi connectivity index (χ0) is 19.7. The minimum Gasteiger partial charge on any atom is -0.506 e. The van der Waals surface area contributed by atoms with Crippen LogP contribution >= 0.6 is 11.3 Å². The van der Waals surface area contributed by atoms with Crippen molar-refractivity contribution in [3.63, 3.8) is 0 Å². The van der Waals surface area contributed by atoms with E-state index in [-0.39, 0.29) is 11.6 Å². The lowest BCUT2D eigenvalue weighted by molar-refractivity contribution is 0.420. The summed E-state index contributed by atoms with van der Waals surface area (Å²) in [5, 5.41) is 20.9. The highest BCUT2D eigenvalue weighted by atomic mass is 32.1. The number of para-hydroxylation sites is 1. The second kappa shape index (κ2) is 7.32. The van der Waals surface area contributed by atoms with E-state index in [9.17, 15) is 10.2 Å². The van der Waals surface area contributed by atoms with Gasteiger partial charge in [0, 0.05) is 23.9 Å². The van der Waals surface area contributed by atoms with Gasteiger partial charge in [-0.3, -0.25) is 9.56 Å². The maximum atomic E-state index is 10.8. The summed E-state index contributed by atoms with van der Waals surface area (Å²) in [4.78, 5) is 10.2. The summed E-state index contributed by atoms with van der Waals surface area (Å²) in [7, 11) is 0. The number of thiazole rings is 1. The molecule has 28 heavy (non-hydrogen) atoms. The molecule has 6 heteroatoms. The van der Waals surface area contributed by atoms with Crippen molar-refractivity contribution in [3.05, 3.63) is 75.9 Å². The van der Waals surface area contributed by atoms with Crippen molar-refractivity contribution in [1.29, 1.82) is 0 Å². The van der Waals surface area contributed by atoms with Crippen LogP contribution in [0.5, 0.6) is 11.6 Å². The Bertz CT molecular complexity index is 1200. The maximum Gasteiger partial charge on any atom is 0.211 e. The Morgan fingerprint density at radius 2 is 2.04 bits per heavy atom. The Morgan fingerprint density at radius 3 is 2.82 bits per heavy atom. The number of aromatic nitrogens is 1. The summed E-state index contributed by atoms with van der Waals surface area (Å²) in [6.45, 7) is 6.07. The lowest BCUT2D eigenvalue weighted by atomic mass is 10.1. The van der Waals surface area contributed by atoms with E-state index < -0.39 is 0 Å². The lowest BCUT2D eigenvalue weighted by Gasteiger charge is -2.02. The Morgan fingerprint density at radius 1 is 1.21 bits per heavy atom. The van der Waals surface area contributed by atoms with Crippen LogP contribution in [0.3, 0.4) is 0 Å². The van der Waals surface area contributed by atoms with Crippen LogP contribution in [0.4, 0.5) is 11.4 Å². The van der Waals surface area contributed by atoms with Gasteiger partial charge in [-0.05, 0) is 36.8 Å². The molecule has 3 aromatic rings. The Balaban J connectivity index is 1.84. The number of aryl methyl sites for hydroxylation is 1. The number of fused-ring (bicyclic) bond motifs is 1. The van der Waals surface area contributed by atoms with Crippen LogP contribution in [0, 0.1) is 6.92 Å². The Hall–Kier alpha value is -3.38. The van der Waals surface area contributed by atoms with Crippen molar-refractivity contribution in [2.24, 2.45) is 9.98 Å². The molecule has 140 valence electrons.